The van der Waals surface area contributed by atoms with Gasteiger partial charge in [0.1, 0.15) is 5.82 Å². The molecule has 0 radical (unpaired) electrons. The van der Waals surface area contributed by atoms with Crippen LogP contribution in [0.1, 0.15) is 24.6 Å². The van der Waals surface area contributed by atoms with E-state index < -0.39 is 0 Å². The van der Waals surface area contributed by atoms with E-state index in [4.69, 9.17) is 0 Å². The molecule has 0 fully saturated rings. The minimum atomic E-state index is -0.220. The lowest BCUT2D eigenvalue weighted by Gasteiger charge is -2.10. The third kappa shape index (κ3) is 2.88. The van der Waals surface area contributed by atoms with Crippen molar-refractivity contribution >= 4 is 5.69 Å². The fourth-order valence-corrected chi connectivity index (χ4v) is 1.90. The fourth-order valence-electron chi connectivity index (χ4n) is 1.90. The summed E-state index contributed by atoms with van der Waals surface area (Å²) in [7, 11) is 0. The molecule has 1 aromatic heterocycles. The van der Waals surface area contributed by atoms with Crippen LogP contribution in [0.15, 0.2) is 30.7 Å². The summed E-state index contributed by atoms with van der Waals surface area (Å²) in [6.07, 6.45) is 4.69. The first-order chi connectivity index (χ1) is 8.70. The van der Waals surface area contributed by atoms with Gasteiger partial charge < -0.3 is 9.88 Å². The Kier molecular flexibility index (Phi) is 3.97. The summed E-state index contributed by atoms with van der Waals surface area (Å²) in [5, 5.41) is 3.12. The average Bonchev–Trinajstić information content (AvgIpc) is 2.78. The normalized spacial score (nSPS) is 10.6. The van der Waals surface area contributed by atoms with Crippen molar-refractivity contribution in [3.8, 4) is 0 Å². The minimum absolute atomic E-state index is 0.220. The molecule has 0 bridgehead atoms. The summed E-state index contributed by atoms with van der Waals surface area (Å²) >= 11 is 0. The van der Waals surface area contributed by atoms with E-state index in [-0.39, 0.29) is 5.82 Å². The van der Waals surface area contributed by atoms with Gasteiger partial charge in [0, 0.05) is 12.7 Å². The number of imidazole rings is 1. The predicted molar refractivity (Wildman–Crippen MR) is 71.0 cm³/mol. The number of rotatable bonds is 5. The highest BCUT2D eigenvalue weighted by Crippen LogP contribution is 2.16. The maximum Gasteiger partial charge on any atom is 0.146 e. The van der Waals surface area contributed by atoms with E-state index in [0.717, 1.165) is 24.2 Å². The molecule has 2 aromatic rings. The van der Waals surface area contributed by atoms with Gasteiger partial charge in [-0.05, 0) is 31.0 Å². The molecule has 0 atom stereocenters. The van der Waals surface area contributed by atoms with E-state index >= 15 is 0 Å². The van der Waals surface area contributed by atoms with Crippen LogP contribution in [0.5, 0.6) is 0 Å². The van der Waals surface area contributed by atoms with Crippen molar-refractivity contribution in [2.75, 3.05) is 5.32 Å². The van der Waals surface area contributed by atoms with Crippen LogP contribution < -0.4 is 5.32 Å². The molecule has 0 aliphatic rings. The number of aromatic nitrogens is 2. The topological polar surface area (TPSA) is 29.9 Å². The van der Waals surface area contributed by atoms with Crippen LogP contribution in [0.25, 0.3) is 0 Å². The molecular weight excluding hydrogens is 229 g/mol. The molecule has 0 amide bonds. The van der Waals surface area contributed by atoms with Crippen molar-refractivity contribution in [3.63, 3.8) is 0 Å². The van der Waals surface area contributed by atoms with Crippen LogP contribution in [-0.4, -0.2) is 9.55 Å². The molecule has 0 saturated carbocycles. The van der Waals surface area contributed by atoms with Crippen molar-refractivity contribution < 1.29 is 4.39 Å². The number of hydrogen-bond acceptors (Lipinski definition) is 2. The second-order valence-electron chi connectivity index (χ2n) is 4.42. The quantitative estimate of drug-likeness (QED) is 0.878. The zero-order valence-electron chi connectivity index (χ0n) is 10.8. The molecule has 0 spiro atoms. The van der Waals surface area contributed by atoms with Crippen molar-refractivity contribution in [1.82, 2.24) is 9.55 Å². The maximum atomic E-state index is 13.6. The number of benzene rings is 1. The molecule has 18 heavy (non-hydrogen) atoms. The largest absolute Gasteiger partial charge is 0.377 e. The Morgan fingerprint density at radius 1 is 1.39 bits per heavy atom. The van der Waals surface area contributed by atoms with Gasteiger partial charge in [0.25, 0.3) is 0 Å². The Bertz CT molecular complexity index is 520. The Labute approximate surface area is 107 Å². The molecule has 0 saturated heterocycles. The second kappa shape index (κ2) is 5.67. The summed E-state index contributed by atoms with van der Waals surface area (Å²) in [4.78, 5) is 4.12. The Morgan fingerprint density at radius 2 is 2.22 bits per heavy atom. The van der Waals surface area contributed by atoms with Gasteiger partial charge in [0.2, 0.25) is 0 Å². The molecule has 2 rings (SSSR count). The van der Waals surface area contributed by atoms with E-state index in [9.17, 15) is 4.39 Å². The Balaban J connectivity index is 2.06. The lowest BCUT2D eigenvalue weighted by molar-refractivity contribution is 0.626. The first-order valence-corrected chi connectivity index (χ1v) is 6.19. The summed E-state index contributed by atoms with van der Waals surface area (Å²) in [6.45, 7) is 5.59. The number of aryl methyl sites for hydroxylation is 2. The third-order valence-electron chi connectivity index (χ3n) is 2.84. The van der Waals surface area contributed by atoms with Crippen LogP contribution in [-0.2, 0) is 13.1 Å². The molecule has 3 nitrogen and oxygen atoms in total. The number of anilines is 1. The fraction of sp³-hybridized carbons (Fsp3) is 0.357. The summed E-state index contributed by atoms with van der Waals surface area (Å²) in [6, 6.07) is 5.07. The van der Waals surface area contributed by atoms with E-state index in [0.29, 0.717) is 12.2 Å². The first kappa shape index (κ1) is 12.6. The molecule has 96 valence electrons. The highest BCUT2D eigenvalue weighted by Gasteiger charge is 2.04. The summed E-state index contributed by atoms with van der Waals surface area (Å²) in [5.74, 6) is -0.220. The first-order valence-electron chi connectivity index (χ1n) is 6.19. The lowest BCUT2D eigenvalue weighted by Crippen LogP contribution is -2.07. The standard InChI is InChI=1S/C14H18FN3/c1-3-6-18-10-16-8-12(18)9-17-14-7-11(2)4-5-13(14)15/h4-5,7-8,10,17H,3,6,9H2,1-2H3. The van der Waals surface area contributed by atoms with Gasteiger partial charge in [0.15, 0.2) is 0 Å². The molecule has 0 aliphatic carbocycles. The molecular formula is C14H18FN3. The van der Waals surface area contributed by atoms with Gasteiger partial charge in [-0.2, -0.15) is 0 Å². The van der Waals surface area contributed by atoms with Gasteiger partial charge in [-0.25, -0.2) is 9.37 Å². The molecule has 1 N–H and O–H groups in total. The van der Waals surface area contributed by atoms with Crippen molar-refractivity contribution in [1.29, 1.82) is 0 Å². The van der Waals surface area contributed by atoms with E-state index in [1.807, 2.05) is 25.5 Å². The smallest absolute Gasteiger partial charge is 0.146 e. The number of hydrogen-bond donors (Lipinski definition) is 1. The molecule has 0 aliphatic heterocycles. The predicted octanol–water partition coefficient (Wildman–Crippen LogP) is 3.35. The third-order valence-corrected chi connectivity index (χ3v) is 2.84. The van der Waals surface area contributed by atoms with E-state index in [2.05, 4.69) is 21.8 Å². The zero-order valence-corrected chi connectivity index (χ0v) is 10.8. The van der Waals surface area contributed by atoms with E-state index in [1.165, 1.54) is 6.07 Å². The van der Waals surface area contributed by atoms with Gasteiger partial charge in [0.05, 0.1) is 24.3 Å². The van der Waals surface area contributed by atoms with Gasteiger partial charge in [-0.3, -0.25) is 0 Å². The van der Waals surface area contributed by atoms with Crippen molar-refractivity contribution in [2.45, 2.75) is 33.4 Å². The van der Waals surface area contributed by atoms with Gasteiger partial charge in [-0.1, -0.05) is 13.0 Å². The van der Waals surface area contributed by atoms with Crippen LogP contribution >= 0.6 is 0 Å². The second-order valence-corrected chi connectivity index (χ2v) is 4.42. The molecule has 1 heterocycles. The maximum absolute atomic E-state index is 13.6. The van der Waals surface area contributed by atoms with Crippen LogP contribution in [0, 0.1) is 12.7 Å². The average molecular weight is 247 g/mol. The van der Waals surface area contributed by atoms with Crippen LogP contribution in [0.3, 0.4) is 0 Å². The summed E-state index contributed by atoms with van der Waals surface area (Å²) in [5.41, 5.74) is 2.65. The Hall–Kier alpha value is -1.84. The van der Waals surface area contributed by atoms with Crippen molar-refractivity contribution in [2.24, 2.45) is 0 Å². The molecule has 4 heteroatoms. The monoisotopic (exact) mass is 247 g/mol. The van der Waals surface area contributed by atoms with Crippen LogP contribution in [0.2, 0.25) is 0 Å². The minimum Gasteiger partial charge on any atom is -0.377 e. The van der Waals surface area contributed by atoms with E-state index in [1.54, 1.807) is 6.07 Å². The lowest BCUT2D eigenvalue weighted by atomic mass is 10.2. The zero-order chi connectivity index (χ0) is 13.0. The number of nitrogens with one attached hydrogen (secondary N) is 1. The van der Waals surface area contributed by atoms with Gasteiger partial charge in [-0.15, -0.1) is 0 Å². The number of nitrogens with zero attached hydrogens (tertiary/aromatic N) is 2. The number of halogens is 1. The highest BCUT2D eigenvalue weighted by molar-refractivity contribution is 5.47. The van der Waals surface area contributed by atoms with Gasteiger partial charge >= 0.3 is 0 Å². The van der Waals surface area contributed by atoms with Crippen molar-refractivity contribution in [3.05, 3.63) is 47.8 Å². The SMILES string of the molecule is CCCn1cncc1CNc1cc(C)ccc1F. The molecule has 1 aromatic carbocycles. The Morgan fingerprint density at radius 3 is 3.00 bits per heavy atom. The highest BCUT2D eigenvalue weighted by atomic mass is 19.1. The molecule has 0 unspecified atom stereocenters. The summed E-state index contributed by atoms with van der Waals surface area (Å²) < 4.78 is 15.6. The van der Waals surface area contributed by atoms with Crippen LogP contribution in [0.4, 0.5) is 10.1 Å².